The third kappa shape index (κ3) is 3.73. The fraction of sp³-hybridized carbons (Fsp3) is 0.231. The summed E-state index contributed by atoms with van der Waals surface area (Å²) in [7, 11) is 0. The third-order valence-electron chi connectivity index (χ3n) is 2.57. The molecule has 0 aliphatic heterocycles. The van der Waals surface area contributed by atoms with Gasteiger partial charge in [-0.2, -0.15) is 0 Å². The lowest BCUT2D eigenvalue weighted by molar-refractivity contribution is -0.116. The third-order valence-corrected chi connectivity index (χ3v) is 4.40. The normalized spacial score (nSPS) is 11.0. The van der Waals surface area contributed by atoms with Crippen molar-refractivity contribution in [1.82, 2.24) is 9.97 Å². The van der Waals surface area contributed by atoms with Crippen molar-refractivity contribution in [1.29, 1.82) is 0 Å². The smallest absolute Gasteiger partial charge is 0.347 e. The molecule has 2 rings (SSSR count). The van der Waals surface area contributed by atoms with Gasteiger partial charge in [0.2, 0.25) is 5.91 Å². The SMILES string of the molecule is CCN(C(C)=O)c1nc(C=Cc2ncc(C(=O)O)s2)cs1. The molecule has 2 aromatic heterocycles. The average molecular weight is 323 g/mol. The second-order valence-electron chi connectivity index (χ2n) is 4.02. The zero-order chi connectivity index (χ0) is 15.4. The van der Waals surface area contributed by atoms with Gasteiger partial charge in [0.15, 0.2) is 5.13 Å². The number of amides is 1. The summed E-state index contributed by atoms with van der Waals surface area (Å²) in [6, 6.07) is 0. The Labute approximate surface area is 129 Å². The Balaban J connectivity index is 2.12. The van der Waals surface area contributed by atoms with E-state index in [2.05, 4.69) is 9.97 Å². The van der Waals surface area contributed by atoms with Gasteiger partial charge < -0.3 is 5.11 Å². The van der Waals surface area contributed by atoms with E-state index >= 15 is 0 Å². The van der Waals surface area contributed by atoms with Gasteiger partial charge in [0.05, 0.1) is 11.9 Å². The highest BCUT2D eigenvalue weighted by Gasteiger charge is 2.12. The zero-order valence-electron chi connectivity index (χ0n) is 11.4. The van der Waals surface area contributed by atoms with Gasteiger partial charge in [0.1, 0.15) is 9.88 Å². The van der Waals surface area contributed by atoms with E-state index in [0.29, 0.717) is 22.4 Å². The van der Waals surface area contributed by atoms with Crippen LogP contribution in [0.25, 0.3) is 12.2 Å². The molecule has 0 radical (unpaired) electrons. The number of carbonyl (C=O) groups is 2. The lowest BCUT2D eigenvalue weighted by atomic mass is 10.4. The fourth-order valence-electron chi connectivity index (χ4n) is 1.59. The van der Waals surface area contributed by atoms with Crippen molar-refractivity contribution in [2.75, 3.05) is 11.4 Å². The van der Waals surface area contributed by atoms with Gasteiger partial charge in [0, 0.05) is 18.8 Å². The summed E-state index contributed by atoms with van der Waals surface area (Å²) in [4.78, 5) is 32.3. The minimum atomic E-state index is -0.983. The van der Waals surface area contributed by atoms with E-state index in [1.807, 2.05) is 12.3 Å². The number of aromatic nitrogens is 2. The zero-order valence-corrected chi connectivity index (χ0v) is 13.1. The van der Waals surface area contributed by atoms with Crippen LogP contribution in [-0.2, 0) is 4.79 Å². The van der Waals surface area contributed by atoms with Gasteiger partial charge in [-0.15, -0.1) is 22.7 Å². The molecule has 21 heavy (non-hydrogen) atoms. The van der Waals surface area contributed by atoms with Gasteiger partial charge in [-0.3, -0.25) is 9.69 Å². The molecule has 0 aliphatic carbocycles. The van der Waals surface area contributed by atoms with Crippen molar-refractivity contribution in [2.45, 2.75) is 13.8 Å². The number of rotatable bonds is 5. The Kier molecular flexibility index (Phi) is 4.81. The van der Waals surface area contributed by atoms with Gasteiger partial charge >= 0.3 is 5.97 Å². The molecule has 0 atom stereocenters. The van der Waals surface area contributed by atoms with Crippen LogP contribution in [-0.4, -0.2) is 33.5 Å². The minimum Gasteiger partial charge on any atom is -0.477 e. The molecule has 1 N–H and O–H groups in total. The first-order valence-electron chi connectivity index (χ1n) is 6.12. The summed E-state index contributed by atoms with van der Waals surface area (Å²) in [5.74, 6) is -1.03. The average Bonchev–Trinajstić information content (AvgIpc) is 3.05. The first-order valence-corrected chi connectivity index (χ1v) is 7.81. The predicted octanol–water partition coefficient (Wildman–Crippen LogP) is 2.84. The molecular formula is C13H13N3O3S2. The lowest BCUT2D eigenvalue weighted by Gasteiger charge is -2.14. The van der Waals surface area contributed by atoms with Crippen LogP contribution in [0.5, 0.6) is 0 Å². The van der Waals surface area contributed by atoms with Crippen molar-refractivity contribution in [2.24, 2.45) is 0 Å². The predicted molar refractivity (Wildman–Crippen MR) is 83.8 cm³/mol. The standard InChI is InChI=1S/C13H13N3O3S2/c1-3-16(8(2)17)13-15-9(7-20-13)4-5-11-14-6-10(21-11)12(18)19/h4-7H,3H2,1-2H3,(H,18,19). The first kappa shape index (κ1) is 15.3. The summed E-state index contributed by atoms with van der Waals surface area (Å²) in [6.45, 7) is 3.96. The number of thiazole rings is 2. The van der Waals surface area contributed by atoms with Crippen LogP contribution in [0, 0.1) is 0 Å². The molecule has 1 amide bonds. The van der Waals surface area contributed by atoms with Crippen LogP contribution < -0.4 is 4.90 Å². The van der Waals surface area contributed by atoms with Crippen LogP contribution in [0.4, 0.5) is 5.13 Å². The van der Waals surface area contributed by atoms with E-state index in [9.17, 15) is 9.59 Å². The van der Waals surface area contributed by atoms with Crippen LogP contribution >= 0.6 is 22.7 Å². The molecule has 0 fully saturated rings. The van der Waals surface area contributed by atoms with Crippen LogP contribution in [0.15, 0.2) is 11.6 Å². The molecular weight excluding hydrogens is 310 g/mol. The summed E-state index contributed by atoms with van der Waals surface area (Å²) in [6.07, 6.45) is 4.78. The minimum absolute atomic E-state index is 0.0478. The van der Waals surface area contributed by atoms with Crippen LogP contribution in [0.3, 0.4) is 0 Å². The molecule has 0 aliphatic rings. The number of carboxylic acid groups (broad SMARTS) is 1. The van der Waals surface area contributed by atoms with Gasteiger partial charge in [-0.05, 0) is 19.1 Å². The molecule has 0 aromatic carbocycles. The van der Waals surface area contributed by atoms with Crippen molar-refractivity contribution < 1.29 is 14.7 Å². The van der Waals surface area contributed by atoms with E-state index in [1.54, 1.807) is 17.1 Å². The molecule has 0 unspecified atom stereocenters. The quantitative estimate of drug-likeness (QED) is 0.914. The van der Waals surface area contributed by atoms with Crippen molar-refractivity contribution in [3.05, 3.63) is 27.2 Å². The maximum atomic E-state index is 11.4. The van der Waals surface area contributed by atoms with Gasteiger partial charge in [0.25, 0.3) is 0 Å². The summed E-state index contributed by atoms with van der Waals surface area (Å²) in [5, 5.41) is 11.9. The number of nitrogens with zero attached hydrogens (tertiary/aromatic N) is 3. The Morgan fingerprint density at radius 2 is 2.19 bits per heavy atom. The second-order valence-corrected chi connectivity index (χ2v) is 5.92. The molecule has 0 saturated carbocycles. The second kappa shape index (κ2) is 6.59. The van der Waals surface area contributed by atoms with E-state index in [-0.39, 0.29) is 10.8 Å². The maximum absolute atomic E-state index is 11.4. The largest absolute Gasteiger partial charge is 0.477 e. The summed E-state index contributed by atoms with van der Waals surface area (Å²) in [5.41, 5.74) is 0.710. The highest BCUT2D eigenvalue weighted by atomic mass is 32.1. The Bertz CT molecular complexity index is 690. The highest BCUT2D eigenvalue weighted by molar-refractivity contribution is 7.14. The lowest BCUT2D eigenvalue weighted by Crippen LogP contribution is -2.27. The topological polar surface area (TPSA) is 83.4 Å². The number of carboxylic acids is 1. The Morgan fingerprint density at radius 3 is 2.76 bits per heavy atom. The van der Waals surface area contributed by atoms with Crippen molar-refractivity contribution in [3.63, 3.8) is 0 Å². The molecule has 0 spiro atoms. The Morgan fingerprint density at radius 1 is 1.43 bits per heavy atom. The number of carbonyl (C=O) groups excluding carboxylic acids is 1. The highest BCUT2D eigenvalue weighted by Crippen LogP contribution is 2.22. The summed E-state index contributed by atoms with van der Waals surface area (Å²) < 4.78 is 0. The van der Waals surface area contributed by atoms with E-state index in [0.717, 1.165) is 11.3 Å². The monoisotopic (exact) mass is 323 g/mol. The molecule has 110 valence electrons. The van der Waals surface area contributed by atoms with Crippen molar-refractivity contribution in [3.8, 4) is 0 Å². The molecule has 8 heteroatoms. The molecule has 2 heterocycles. The van der Waals surface area contributed by atoms with E-state index < -0.39 is 5.97 Å². The Hall–Kier alpha value is -2.06. The van der Waals surface area contributed by atoms with E-state index in [4.69, 9.17) is 5.11 Å². The van der Waals surface area contributed by atoms with Gasteiger partial charge in [-0.25, -0.2) is 14.8 Å². The fourth-order valence-corrected chi connectivity index (χ4v) is 3.15. The van der Waals surface area contributed by atoms with E-state index in [1.165, 1.54) is 24.5 Å². The van der Waals surface area contributed by atoms with Crippen LogP contribution in [0.2, 0.25) is 0 Å². The number of hydrogen-bond acceptors (Lipinski definition) is 6. The number of anilines is 1. The molecule has 2 aromatic rings. The molecule has 0 saturated heterocycles. The molecule has 6 nitrogen and oxygen atoms in total. The van der Waals surface area contributed by atoms with Crippen LogP contribution in [0.1, 0.15) is 34.2 Å². The first-order chi connectivity index (χ1) is 10.0. The van der Waals surface area contributed by atoms with Gasteiger partial charge in [-0.1, -0.05) is 0 Å². The maximum Gasteiger partial charge on any atom is 0.347 e. The molecule has 0 bridgehead atoms. The van der Waals surface area contributed by atoms with Crippen molar-refractivity contribution >= 4 is 51.8 Å². The summed E-state index contributed by atoms with van der Waals surface area (Å²) >= 11 is 2.48. The number of hydrogen-bond donors (Lipinski definition) is 1. The number of aromatic carboxylic acids is 1.